The van der Waals surface area contributed by atoms with Gasteiger partial charge >= 0.3 is 5.97 Å². The number of nitrogens with zero attached hydrogens (tertiary/aromatic N) is 2. The number of carboxylic acid groups (broad SMARTS) is 1. The molecule has 2 fully saturated rings. The Morgan fingerprint density at radius 2 is 2.17 bits per heavy atom. The number of thiazole rings is 1. The van der Waals surface area contributed by atoms with Crippen molar-refractivity contribution < 1.29 is 9.90 Å². The van der Waals surface area contributed by atoms with E-state index in [1.807, 2.05) is 0 Å². The fourth-order valence-corrected chi connectivity index (χ4v) is 4.04. The normalized spacial score (nSPS) is 22.2. The highest BCUT2D eigenvalue weighted by atomic mass is 32.1. The van der Waals surface area contributed by atoms with Crippen LogP contribution >= 0.6 is 11.3 Å². The van der Waals surface area contributed by atoms with E-state index in [4.69, 9.17) is 5.11 Å². The fraction of sp³-hybridized carbons (Fsp3) is 0.692. The van der Waals surface area contributed by atoms with E-state index in [-0.39, 0.29) is 5.69 Å². The minimum absolute atomic E-state index is 0.186. The van der Waals surface area contributed by atoms with Crippen LogP contribution in [0.1, 0.15) is 41.2 Å². The number of hydrogen-bond donors (Lipinski definition) is 1. The molecule has 0 aromatic carbocycles. The summed E-state index contributed by atoms with van der Waals surface area (Å²) >= 11 is 1.46. The lowest BCUT2D eigenvalue weighted by atomic mass is 9.78. The Kier molecular flexibility index (Phi) is 3.11. The van der Waals surface area contributed by atoms with Crippen LogP contribution in [-0.2, 0) is 6.42 Å². The van der Waals surface area contributed by atoms with E-state index in [2.05, 4.69) is 9.88 Å². The van der Waals surface area contributed by atoms with Crippen molar-refractivity contribution in [2.75, 3.05) is 19.6 Å². The summed E-state index contributed by atoms with van der Waals surface area (Å²) in [6.45, 7) is 3.50. The highest BCUT2D eigenvalue weighted by Crippen LogP contribution is 2.45. The maximum Gasteiger partial charge on any atom is 0.355 e. The number of likely N-dealkylation sites (tertiary alicyclic amines) is 1. The van der Waals surface area contributed by atoms with Gasteiger partial charge in [-0.15, -0.1) is 11.3 Å². The van der Waals surface area contributed by atoms with E-state index in [1.165, 1.54) is 50.1 Å². The molecule has 1 aromatic heterocycles. The van der Waals surface area contributed by atoms with Crippen molar-refractivity contribution >= 4 is 17.3 Å². The minimum atomic E-state index is -0.925. The van der Waals surface area contributed by atoms with Crippen molar-refractivity contribution in [3.05, 3.63) is 16.1 Å². The van der Waals surface area contributed by atoms with E-state index in [0.29, 0.717) is 5.41 Å². The Hall–Kier alpha value is -0.940. The monoisotopic (exact) mass is 266 g/mol. The Morgan fingerprint density at radius 3 is 2.78 bits per heavy atom. The van der Waals surface area contributed by atoms with E-state index in [9.17, 15) is 4.79 Å². The molecule has 1 spiro atoms. The molecule has 18 heavy (non-hydrogen) atoms. The molecule has 5 heteroatoms. The lowest BCUT2D eigenvalue weighted by molar-refractivity contribution is 0.00730. The molecule has 0 bridgehead atoms. The molecular formula is C13H18N2O2S. The smallest absolute Gasteiger partial charge is 0.355 e. The van der Waals surface area contributed by atoms with Gasteiger partial charge in [0, 0.05) is 31.4 Å². The maximum absolute atomic E-state index is 10.7. The summed E-state index contributed by atoms with van der Waals surface area (Å²) in [5, 5.41) is 11.4. The molecule has 0 atom stereocenters. The van der Waals surface area contributed by atoms with Crippen molar-refractivity contribution in [1.29, 1.82) is 0 Å². The lowest BCUT2D eigenvalue weighted by Crippen LogP contribution is -2.55. The number of hydrogen-bond acceptors (Lipinski definition) is 4. The van der Waals surface area contributed by atoms with Gasteiger partial charge in [0.05, 0.1) is 5.01 Å². The van der Waals surface area contributed by atoms with Crippen molar-refractivity contribution in [3.63, 3.8) is 0 Å². The zero-order valence-electron chi connectivity index (χ0n) is 10.4. The molecule has 0 radical (unpaired) electrons. The van der Waals surface area contributed by atoms with E-state index < -0.39 is 5.97 Å². The van der Waals surface area contributed by atoms with Gasteiger partial charge in [-0.1, -0.05) is 12.8 Å². The lowest BCUT2D eigenvalue weighted by Gasteiger charge is -2.48. The molecule has 1 saturated heterocycles. The van der Waals surface area contributed by atoms with Gasteiger partial charge in [-0.2, -0.15) is 0 Å². The second kappa shape index (κ2) is 4.63. The van der Waals surface area contributed by atoms with Gasteiger partial charge in [0.1, 0.15) is 0 Å². The first kappa shape index (κ1) is 12.1. The van der Waals surface area contributed by atoms with Gasteiger partial charge in [-0.25, -0.2) is 9.78 Å². The number of carboxylic acids is 1. The SMILES string of the molecule is O=C(O)c1csc(CCN2CC3(CCCC3)C2)n1. The summed E-state index contributed by atoms with van der Waals surface area (Å²) in [6, 6.07) is 0. The summed E-state index contributed by atoms with van der Waals surface area (Å²) in [5.41, 5.74) is 0.834. The molecule has 0 unspecified atom stereocenters. The second-order valence-corrected chi connectivity index (χ2v) is 6.54. The van der Waals surface area contributed by atoms with E-state index >= 15 is 0 Å². The molecule has 1 aliphatic heterocycles. The van der Waals surface area contributed by atoms with Gasteiger partial charge < -0.3 is 10.0 Å². The second-order valence-electron chi connectivity index (χ2n) is 5.60. The first-order chi connectivity index (χ1) is 8.67. The van der Waals surface area contributed by atoms with Crippen molar-refractivity contribution in [3.8, 4) is 0 Å². The van der Waals surface area contributed by atoms with Crippen LogP contribution in [0.5, 0.6) is 0 Å². The predicted octanol–water partition coefficient (Wildman–Crippen LogP) is 2.26. The predicted molar refractivity (Wildman–Crippen MR) is 70.1 cm³/mol. The van der Waals surface area contributed by atoms with Crippen LogP contribution in [0.2, 0.25) is 0 Å². The zero-order valence-corrected chi connectivity index (χ0v) is 11.2. The van der Waals surface area contributed by atoms with Gasteiger partial charge in [0.25, 0.3) is 0 Å². The van der Waals surface area contributed by atoms with Gasteiger partial charge in [0.2, 0.25) is 0 Å². The number of rotatable bonds is 4. The number of aromatic nitrogens is 1. The highest BCUT2D eigenvalue weighted by Gasteiger charge is 2.44. The molecule has 2 heterocycles. The van der Waals surface area contributed by atoms with Crippen LogP contribution in [0.25, 0.3) is 0 Å². The van der Waals surface area contributed by atoms with Gasteiger partial charge in [-0.05, 0) is 18.3 Å². The fourth-order valence-electron chi connectivity index (χ4n) is 3.28. The Morgan fingerprint density at radius 1 is 1.44 bits per heavy atom. The largest absolute Gasteiger partial charge is 0.476 e. The van der Waals surface area contributed by atoms with Gasteiger partial charge in [0.15, 0.2) is 5.69 Å². The average Bonchev–Trinajstić information content (AvgIpc) is 2.94. The Labute approximate surface area is 111 Å². The summed E-state index contributed by atoms with van der Waals surface area (Å²) in [7, 11) is 0. The van der Waals surface area contributed by atoms with Crippen LogP contribution in [0, 0.1) is 5.41 Å². The van der Waals surface area contributed by atoms with Crippen molar-refractivity contribution in [1.82, 2.24) is 9.88 Å². The van der Waals surface area contributed by atoms with Crippen LogP contribution in [0.15, 0.2) is 5.38 Å². The molecule has 3 rings (SSSR count). The van der Waals surface area contributed by atoms with E-state index in [0.717, 1.165) is 18.0 Å². The molecule has 1 N–H and O–H groups in total. The first-order valence-corrected chi connectivity index (χ1v) is 7.45. The molecule has 1 aliphatic carbocycles. The molecule has 2 aliphatic rings. The van der Waals surface area contributed by atoms with Crippen LogP contribution in [0.3, 0.4) is 0 Å². The van der Waals surface area contributed by atoms with Gasteiger partial charge in [-0.3, -0.25) is 0 Å². The molecular weight excluding hydrogens is 248 g/mol. The highest BCUT2D eigenvalue weighted by molar-refractivity contribution is 7.09. The number of carbonyl (C=O) groups is 1. The topological polar surface area (TPSA) is 53.4 Å². The molecule has 98 valence electrons. The van der Waals surface area contributed by atoms with Crippen LogP contribution in [0.4, 0.5) is 0 Å². The van der Waals surface area contributed by atoms with Crippen LogP contribution < -0.4 is 0 Å². The standard InChI is InChI=1S/C13H18N2O2S/c16-12(17)10-7-18-11(14-10)3-6-15-8-13(9-15)4-1-2-5-13/h7H,1-6,8-9H2,(H,16,17). The quantitative estimate of drug-likeness (QED) is 0.908. The summed E-state index contributed by atoms with van der Waals surface area (Å²) in [5.74, 6) is -0.925. The average molecular weight is 266 g/mol. The summed E-state index contributed by atoms with van der Waals surface area (Å²) in [4.78, 5) is 17.3. The summed E-state index contributed by atoms with van der Waals surface area (Å²) < 4.78 is 0. The maximum atomic E-state index is 10.7. The van der Waals surface area contributed by atoms with Crippen molar-refractivity contribution in [2.45, 2.75) is 32.1 Å². The summed E-state index contributed by atoms with van der Waals surface area (Å²) in [6.07, 6.45) is 6.51. The third-order valence-electron chi connectivity index (χ3n) is 4.20. The molecule has 1 aromatic rings. The Balaban J connectivity index is 1.46. The third kappa shape index (κ3) is 2.29. The van der Waals surface area contributed by atoms with Crippen LogP contribution in [-0.4, -0.2) is 40.6 Å². The Bertz CT molecular complexity index is 444. The molecule has 1 saturated carbocycles. The molecule has 4 nitrogen and oxygen atoms in total. The molecule has 0 amide bonds. The van der Waals surface area contributed by atoms with E-state index in [1.54, 1.807) is 5.38 Å². The number of aromatic carboxylic acids is 1. The van der Waals surface area contributed by atoms with Crippen molar-refractivity contribution in [2.24, 2.45) is 5.41 Å². The third-order valence-corrected chi connectivity index (χ3v) is 5.10. The minimum Gasteiger partial charge on any atom is -0.476 e. The first-order valence-electron chi connectivity index (χ1n) is 6.57. The zero-order chi connectivity index (χ0) is 12.6.